The molecule has 35 heavy (non-hydrogen) atoms. The van der Waals surface area contributed by atoms with Crippen LogP contribution in [0, 0.1) is 17.6 Å². The number of alkyl halides is 1. The molecule has 1 saturated heterocycles. The molecule has 0 aromatic heterocycles. The molecule has 2 aromatic carbocycles. The smallest absolute Gasteiger partial charge is 0.123 e. The molecule has 1 saturated carbocycles. The maximum Gasteiger partial charge on any atom is 0.123 e. The van der Waals surface area contributed by atoms with E-state index in [1.54, 1.807) is 0 Å². The van der Waals surface area contributed by atoms with Crippen LogP contribution in [0.5, 0.6) is 0 Å². The first-order valence-corrected chi connectivity index (χ1v) is 14.0. The van der Waals surface area contributed by atoms with E-state index in [4.69, 9.17) is 0 Å². The van der Waals surface area contributed by atoms with Crippen molar-refractivity contribution in [3.8, 4) is 0 Å². The minimum absolute atomic E-state index is 0.0320. The van der Waals surface area contributed by atoms with Crippen molar-refractivity contribution >= 4 is 16.4 Å². The van der Waals surface area contributed by atoms with Gasteiger partial charge in [0.2, 0.25) is 0 Å². The molecule has 0 N–H and O–H groups in total. The van der Waals surface area contributed by atoms with Crippen LogP contribution in [0.3, 0.4) is 0 Å². The maximum absolute atomic E-state index is 13.8. The predicted octanol–water partition coefficient (Wildman–Crippen LogP) is 7.20. The van der Waals surface area contributed by atoms with Crippen molar-refractivity contribution in [2.75, 3.05) is 26.2 Å². The second-order valence-electron chi connectivity index (χ2n) is 10.2. The van der Waals surface area contributed by atoms with Crippen LogP contribution >= 0.6 is 10.5 Å². The normalized spacial score (nSPS) is 19.9. The molecule has 2 unspecified atom stereocenters. The summed E-state index contributed by atoms with van der Waals surface area (Å²) in [6.07, 6.45) is 2.47. The summed E-state index contributed by atoms with van der Waals surface area (Å²) in [6, 6.07) is 13.5. The second kappa shape index (κ2) is 10.9. The van der Waals surface area contributed by atoms with Crippen LogP contribution in [0.25, 0.3) is 0 Å². The lowest BCUT2D eigenvalue weighted by Gasteiger charge is -2.43. The quantitative estimate of drug-likeness (QED) is 0.317. The van der Waals surface area contributed by atoms with Crippen LogP contribution in [-0.2, 0) is 0 Å². The fraction of sp³-hybridized carbons (Fsp3) is 0.483. The first kappa shape index (κ1) is 26.0. The third-order valence-electron chi connectivity index (χ3n) is 7.50. The van der Waals surface area contributed by atoms with Gasteiger partial charge in [0.1, 0.15) is 17.8 Å². The van der Waals surface area contributed by atoms with Gasteiger partial charge < -0.3 is 9.80 Å². The zero-order valence-corrected chi connectivity index (χ0v) is 21.7. The summed E-state index contributed by atoms with van der Waals surface area (Å²) in [6.45, 7) is 12.1. The average Bonchev–Trinajstić information content (AvgIpc) is 3.65. The van der Waals surface area contributed by atoms with Crippen molar-refractivity contribution in [3.05, 3.63) is 78.0 Å². The highest BCUT2D eigenvalue weighted by Crippen LogP contribution is 2.61. The Bertz CT molecular complexity index is 1020. The van der Waals surface area contributed by atoms with E-state index >= 15 is 0 Å². The van der Waals surface area contributed by atoms with Crippen LogP contribution in [0.15, 0.2) is 65.7 Å². The molecule has 0 bridgehead atoms. The molecule has 1 aliphatic carbocycles. The first-order chi connectivity index (χ1) is 16.7. The lowest BCUT2D eigenvalue weighted by atomic mass is 9.93. The number of hydrogen-bond acceptors (Lipinski definition) is 2. The summed E-state index contributed by atoms with van der Waals surface area (Å²) < 4.78 is 40.9. The maximum atomic E-state index is 13.8. The minimum atomic E-state index is -0.696. The van der Waals surface area contributed by atoms with Crippen LogP contribution in [0.4, 0.5) is 13.2 Å². The molecule has 0 radical (unpaired) electrons. The van der Waals surface area contributed by atoms with Crippen LogP contribution in [-0.4, -0.2) is 52.8 Å². The molecule has 2 aliphatic rings. The fourth-order valence-corrected chi connectivity index (χ4v) is 7.19. The monoisotopic (exact) mass is 502 g/mol. The van der Waals surface area contributed by atoms with Gasteiger partial charge in [-0.05, 0) is 73.6 Å². The van der Waals surface area contributed by atoms with E-state index in [0.29, 0.717) is 12.8 Å². The molecule has 6 heteroatoms. The molecular formula is C29H37F3N2S. The van der Waals surface area contributed by atoms with Crippen molar-refractivity contribution in [1.29, 1.82) is 0 Å². The van der Waals surface area contributed by atoms with E-state index in [2.05, 4.69) is 36.1 Å². The Balaban J connectivity index is 1.63. The van der Waals surface area contributed by atoms with Crippen molar-refractivity contribution in [2.45, 2.75) is 61.4 Å². The molecule has 1 aliphatic heterocycles. The topological polar surface area (TPSA) is 6.48 Å². The molecule has 2 aromatic rings. The second-order valence-corrected chi connectivity index (χ2v) is 12.3. The Morgan fingerprint density at radius 1 is 1.03 bits per heavy atom. The van der Waals surface area contributed by atoms with E-state index < -0.39 is 6.17 Å². The molecular weight excluding hydrogens is 465 g/mol. The standard InChI is InChI=1S/C29H37F3N2S/c1-21(2)28(23-5-7-24(30)8-6-23)34(20-19-33-17-13-26(32)14-18-33)22(3)29(15-16-29)35(4)27-11-9-25(31)10-12-27/h5-12,21,26,28H,3-4,13-20H2,1-2H3. The Morgan fingerprint density at radius 2 is 1.57 bits per heavy atom. The molecule has 2 nitrogen and oxygen atoms in total. The Morgan fingerprint density at radius 3 is 2.09 bits per heavy atom. The summed E-state index contributed by atoms with van der Waals surface area (Å²) in [4.78, 5) is 5.78. The van der Waals surface area contributed by atoms with Crippen LogP contribution < -0.4 is 0 Å². The zero-order chi connectivity index (χ0) is 25.2. The van der Waals surface area contributed by atoms with Gasteiger partial charge in [-0.1, -0.05) is 38.4 Å². The van der Waals surface area contributed by atoms with Gasteiger partial charge in [0.25, 0.3) is 0 Å². The number of likely N-dealkylation sites (tertiary alicyclic amines) is 1. The molecule has 1 heterocycles. The molecule has 2 atom stereocenters. The van der Waals surface area contributed by atoms with Gasteiger partial charge in [0, 0.05) is 36.8 Å². The van der Waals surface area contributed by atoms with Crippen molar-refractivity contribution < 1.29 is 13.2 Å². The van der Waals surface area contributed by atoms with Crippen molar-refractivity contribution in [2.24, 2.45) is 5.92 Å². The average molecular weight is 503 g/mol. The highest BCUT2D eigenvalue weighted by atomic mass is 32.2. The number of rotatable bonds is 10. The molecule has 2 fully saturated rings. The highest BCUT2D eigenvalue weighted by molar-refractivity contribution is 8.15. The first-order valence-electron chi connectivity index (χ1n) is 12.6. The van der Waals surface area contributed by atoms with Crippen molar-refractivity contribution in [3.63, 3.8) is 0 Å². The SMILES string of the molecule is C=C(N(CCN1CCC(F)CC1)C(c1ccc(F)cc1)C(C)C)C1(S(=C)c2ccc(F)cc2)CC1. The van der Waals surface area contributed by atoms with Gasteiger partial charge in [0.05, 0.1) is 10.8 Å². The third-order valence-corrected chi connectivity index (χ3v) is 9.93. The van der Waals surface area contributed by atoms with E-state index in [1.807, 2.05) is 24.3 Å². The molecule has 4 rings (SSSR count). The minimum Gasteiger partial charge on any atom is -0.366 e. The van der Waals surface area contributed by atoms with E-state index in [1.165, 1.54) is 24.3 Å². The largest absolute Gasteiger partial charge is 0.366 e. The highest BCUT2D eigenvalue weighted by Gasteiger charge is 2.50. The number of nitrogens with zero attached hydrogens (tertiary/aromatic N) is 2. The van der Waals surface area contributed by atoms with Crippen LogP contribution in [0.1, 0.15) is 51.1 Å². The van der Waals surface area contributed by atoms with Crippen LogP contribution in [0.2, 0.25) is 0 Å². The Kier molecular flexibility index (Phi) is 8.12. The van der Waals surface area contributed by atoms with Gasteiger partial charge in [-0.3, -0.25) is 0 Å². The van der Waals surface area contributed by atoms with E-state index in [0.717, 1.165) is 55.2 Å². The Labute approximate surface area is 210 Å². The fourth-order valence-electron chi connectivity index (χ4n) is 5.28. The molecule has 0 spiro atoms. The Hall–Kier alpha value is -2.05. The van der Waals surface area contributed by atoms with E-state index in [9.17, 15) is 13.2 Å². The third kappa shape index (κ3) is 5.86. The summed E-state index contributed by atoms with van der Waals surface area (Å²) in [5.74, 6) is 4.31. The molecule has 0 amide bonds. The number of piperidine rings is 1. The lowest BCUT2D eigenvalue weighted by molar-refractivity contribution is 0.121. The summed E-state index contributed by atoms with van der Waals surface area (Å²) in [5.41, 5.74) is 2.12. The van der Waals surface area contributed by atoms with Crippen molar-refractivity contribution in [1.82, 2.24) is 9.80 Å². The van der Waals surface area contributed by atoms with Gasteiger partial charge in [0.15, 0.2) is 0 Å². The van der Waals surface area contributed by atoms with Gasteiger partial charge in [-0.2, -0.15) is 0 Å². The van der Waals surface area contributed by atoms with Gasteiger partial charge in [-0.25, -0.2) is 13.2 Å². The van der Waals surface area contributed by atoms with Gasteiger partial charge >= 0.3 is 0 Å². The summed E-state index contributed by atoms with van der Waals surface area (Å²) in [7, 11) is -0.376. The summed E-state index contributed by atoms with van der Waals surface area (Å²) >= 11 is 0. The predicted molar refractivity (Wildman–Crippen MR) is 142 cm³/mol. The zero-order valence-electron chi connectivity index (χ0n) is 20.9. The number of halogens is 3. The lowest BCUT2D eigenvalue weighted by Crippen LogP contribution is -2.43. The van der Waals surface area contributed by atoms with Gasteiger partial charge in [-0.15, -0.1) is 10.5 Å². The van der Waals surface area contributed by atoms with E-state index in [-0.39, 0.29) is 38.8 Å². The number of benzene rings is 2. The summed E-state index contributed by atoms with van der Waals surface area (Å²) in [5, 5.41) is 0. The number of hydrogen-bond donors (Lipinski definition) is 0. The molecule has 190 valence electrons.